The van der Waals surface area contributed by atoms with Crippen LogP contribution in [0.1, 0.15) is 6.92 Å². The molecule has 0 fully saturated rings. The van der Waals surface area contributed by atoms with Crippen LogP contribution in [0, 0.1) is 3.57 Å². The van der Waals surface area contributed by atoms with Gasteiger partial charge in [0.05, 0.1) is 8.59 Å². The van der Waals surface area contributed by atoms with Gasteiger partial charge in [0.2, 0.25) is 0 Å². The molecule has 1 unspecified atom stereocenters. The number of aliphatic carboxylic acids is 1. The lowest BCUT2D eigenvalue weighted by atomic mass is 10.2. The number of ether oxygens (including phenoxy) is 1. The Hall–Kier alpha value is -1.08. The normalized spacial score (nSPS) is 12.4. The van der Waals surface area contributed by atoms with E-state index in [0.717, 1.165) is 8.96 Å². The molecular formula is C12H9ClINO3. The second-order valence-corrected chi connectivity index (χ2v) is 5.24. The average molecular weight is 378 g/mol. The summed E-state index contributed by atoms with van der Waals surface area (Å²) in [4.78, 5) is 15.1. The molecule has 94 valence electrons. The van der Waals surface area contributed by atoms with E-state index in [2.05, 4.69) is 4.98 Å². The highest BCUT2D eigenvalue weighted by atomic mass is 127. The number of hydrogen-bond acceptors (Lipinski definition) is 3. The molecule has 1 atom stereocenters. The SMILES string of the molecule is CC(Oc1c(I)cc(Cl)c2cccnc12)C(=O)O. The van der Waals surface area contributed by atoms with Crippen LogP contribution in [-0.2, 0) is 4.79 Å². The number of fused-ring (bicyclic) bond motifs is 1. The molecule has 0 aliphatic rings. The molecule has 6 heteroatoms. The van der Waals surface area contributed by atoms with Crippen LogP contribution in [-0.4, -0.2) is 22.2 Å². The third-order valence-corrected chi connectivity index (χ3v) is 3.51. The summed E-state index contributed by atoms with van der Waals surface area (Å²) in [5, 5.41) is 10.2. The first-order valence-electron chi connectivity index (χ1n) is 5.13. The molecule has 18 heavy (non-hydrogen) atoms. The summed E-state index contributed by atoms with van der Waals surface area (Å²) in [5.74, 6) is -0.574. The van der Waals surface area contributed by atoms with Gasteiger partial charge in [0.25, 0.3) is 0 Å². The Kier molecular flexibility index (Phi) is 3.91. The van der Waals surface area contributed by atoms with E-state index in [0.29, 0.717) is 16.3 Å². The van der Waals surface area contributed by atoms with E-state index >= 15 is 0 Å². The van der Waals surface area contributed by atoms with E-state index in [9.17, 15) is 4.79 Å². The zero-order chi connectivity index (χ0) is 13.3. The van der Waals surface area contributed by atoms with Gasteiger partial charge in [-0.15, -0.1) is 0 Å². The van der Waals surface area contributed by atoms with Crippen molar-refractivity contribution >= 4 is 51.1 Å². The Morgan fingerprint density at radius 2 is 2.33 bits per heavy atom. The van der Waals surface area contributed by atoms with Gasteiger partial charge in [-0.2, -0.15) is 0 Å². The number of aromatic nitrogens is 1. The maximum absolute atomic E-state index is 10.8. The van der Waals surface area contributed by atoms with Crippen molar-refractivity contribution in [1.82, 2.24) is 4.98 Å². The summed E-state index contributed by atoms with van der Waals surface area (Å²) < 4.78 is 6.18. The third kappa shape index (κ3) is 2.51. The van der Waals surface area contributed by atoms with Crippen LogP contribution in [0.15, 0.2) is 24.4 Å². The highest BCUT2D eigenvalue weighted by molar-refractivity contribution is 14.1. The molecule has 0 saturated heterocycles. The van der Waals surface area contributed by atoms with Gasteiger partial charge in [0.1, 0.15) is 5.52 Å². The molecule has 2 rings (SSSR count). The van der Waals surface area contributed by atoms with Crippen LogP contribution < -0.4 is 4.74 Å². The predicted molar refractivity (Wildman–Crippen MR) is 77.2 cm³/mol. The first-order valence-corrected chi connectivity index (χ1v) is 6.58. The van der Waals surface area contributed by atoms with Gasteiger partial charge in [-0.1, -0.05) is 11.6 Å². The fraction of sp³-hybridized carbons (Fsp3) is 0.167. The van der Waals surface area contributed by atoms with Crippen LogP contribution in [0.2, 0.25) is 5.02 Å². The minimum atomic E-state index is -1.02. The predicted octanol–water partition coefficient (Wildman–Crippen LogP) is 3.34. The fourth-order valence-corrected chi connectivity index (χ4v) is 2.63. The Balaban J connectivity index is 2.59. The van der Waals surface area contributed by atoms with Crippen molar-refractivity contribution in [3.63, 3.8) is 0 Å². The van der Waals surface area contributed by atoms with Crippen LogP contribution in [0.5, 0.6) is 5.75 Å². The summed E-state index contributed by atoms with van der Waals surface area (Å²) in [6.45, 7) is 1.47. The highest BCUT2D eigenvalue weighted by Gasteiger charge is 2.18. The summed E-state index contributed by atoms with van der Waals surface area (Å²) in [5.41, 5.74) is 0.572. The minimum absolute atomic E-state index is 0.450. The molecule has 0 amide bonds. The summed E-state index contributed by atoms with van der Waals surface area (Å²) in [6, 6.07) is 5.32. The maximum atomic E-state index is 10.8. The van der Waals surface area contributed by atoms with Gasteiger partial charge >= 0.3 is 5.97 Å². The Bertz CT molecular complexity index is 618. The number of carboxylic acid groups (broad SMARTS) is 1. The molecule has 0 bridgehead atoms. The van der Waals surface area contributed by atoms with E-state index in [4.69, 9.17) is 21.4 Å². The van der Waals surface area contributed by atoms with Gasteiger partial charge in [0, 0.05) is 11.6 Å². The molecule has 0 aliphatic heterocycles. The van der Waals surface area contributed by atoms with Gasteiger partial charge in [0.15, 0.2) is 11.9 Å². The van der Waals surface area contributed by atoms with Crippen molar-refractivity contribution in [2.45, 2.75) is 13.0 Å². The molecule has 0 spiro atoms. The minimum Gasteiger partial charge on any atom is -0.479 e. The lowest BCUT2D eigenvalue weighted by Crippen LogP contribution is -2.23. The monoisotopic (exact) mass is 377 g/mol. The first-order chi connectivity index (χ1) is 8.50. The first kappa shape index (κ1) is 13.4. The molecule has 4 nitrogen and oxygen atoms in total. The smallest absolute Gasteiger partial charge is 0.344 e. The number of halogens is 2. The zero-order valence-corrected chi connectivity index (χ0v) is 12.3. The van der Waals surface area contributed by atoms with Crippen molar-refractivity contribution in [2.75, 3.05) is 0 Å². The van der Waals surface area contributed by atoms with Crippen molar-refractivity contribution in [1.29, 1.82) is 0 Å². The molecule has 0 saturated carbocycles. The van der Waals surface area contributed by atoms with E-state index in [-0.39, 0.29) is 0 Å². The topological polar surface area (TPSA) is 59.4 Å². The fourth-order valence-electron chi connectivity index (χ4n) is 1.49. The van der Waals surface area contributed by atoms with Crippen molar-refractivity contribution in [3.8, 4) is 5.75 Å². The molecule has 1 aromatic carbocycles. The third-order valence-electron chi connectivity index (χ3n) is 2.39. The molecule has 0 aliphatic carbocycles. The molecule has 2 aromatic rings. The van der Waals surface area contributed by atoms with Crippen LogP contribution in [0.25, 0.3) is 10.9 Å². The van der Waals surface area contributed by atoms with Crippen LogP contribution >= 0.6 is 34.2 Å². The van der Waals surface area contributed by atoms with E-state index in [1.807, 2.05) is 28.7 Å². The second kappa shape index (κ2) is 5.27. The lowest BCUT2D eigenvalue weighted by Gasteiger charge is -2.14. The van der Waals surface area contributed by atoms with Crippen LogP contribution in [0.3, 0.4) is 0 Å². The van der Waals surface area contributed by atoms with Gasteiger partial charge in [-0.3, -0.25) is 4.98 Å². The average Bonchev–Trinajstić information content (AvgIpc) is 2.34. The number of hydrogen-bond donors (Lipinski definition) is 1. The van der Waals surface area contributed by atoms with E-state index in [1.54, 1.807) is 18.3 Å². The number of pyridine rings is 1. The molecular weight excluding hydrogens is 368 g/mol. The van der Waals surface area contributed by atoms with Gasteiger partial charge < -0.3 is 9.84 Å². The summed E-state index contributed by atoms with van der Waals surface area (Å²) in [6.07, 6.45) is 0.678. The van der Waals surface area contributed by atoms with Gasteiger partial charge in [-0.05, 0) is 47.7 Å². The quantitative estimate of drug-likeness (QED) is 0.834. The van der Waals surface area contributed by atoms with E-state index in [1.165, 1.54) is 6.92 Å². The zero-order valence-electron chi connectivity index (χ0n) is 9.35. The molecule has 1 N–H and O–H groups in total. The highest BCUT2D eigenvalue weighted by Crippen LogP contribution is 2.35. The summed E-state index contributed by atoms with van der Waals surface area (Å²) >= 11 is 8.17. The Morgan fingerprint density at radius 3 is 3.00 bits per heavy atom. The van der Waals surface area contributed by atoms with Crippen molar-refractivity contribution < 1.29 is 14.6 Å². The largest absolute Gasteiger partial charge is 0.479 e. The standard InChI is InChI=1S/C12H9ClINO3/c1-6(12(16)17)18-11-9(14)5-8(13)7-3-2-4-15-10(7)11/h2-6H,1H3,(H,16,17). The molecule has 0 radical (unpaired) electrons. The number of carboxylic acids is 1. The number of nitrogens with zero attached hydrogens (tertiary/aromatic N) is 1. The van der Waals surface area contributed by atoms with Crippen LogP contribution in [0.4, 0.5) is 0 Å². The van der Waals surface area contributed by atoms with Gasteiger partial charge in [-0.25, -0.2) is 4.79 Å². The molecule has 1 heterocycles. The Morgan fingerprint density at radius 1 is 1.61 bits per heavy atom. The Labute approximate surface area is 122 Å². The summed E-state index contributed by atoms with van der Waals surface area (Å²) in [7, 11) is 0. The number of carbonyl (C=O) groups is 1. The number of rotatable bonds is 3. The van der Waals surface area contributed by atoms with E-state index < -0.39 is 12.1 Å². The number of benzene rings is 1. The van der Waals surface area contributed by atoms with Crippen molar-refractivity contribution in [3.05, 3.63) is 33.0 Å². The van der Waals surface area contributed by atoms with Crippen molar-refractivity contribution in [2.24, 2.45) is 0 Å². The lowest BCUT2D eigenvalue weighted by molar-refractivity contribution is -0.144. The molecule has 1 aromatic heterocycles. The maximum Gasteiger partial charge on any atom is 0.344 e. The second-order valence-electron chi connectivity index (χ2n) is 3.67.